The van der Waals surface area contributed by atoms with Gasteiger partial charge in [0.15, 0.2) is 0 Å². The molecule has 0 bridgehead atoms. The Morgan fingerprint density at radius 2 is 1.69 bits per heavy atom. The van der Waals surface area contributed by atoms with Gasteiger partial charge in [-0.05, 0) is 58.9 Å². The van der Waals surface area contributed by atoms with Crippen molar-refractivity contribution in [3.05, 3.63) is 143 Å². The van der Waals surface area contributed by atoms with Crippen LogP contribution in [0.15, 0.2) is 114 Å². The summed E-state index contributed by atoms with van der Waals surface area (Å²) in [5, 5.41) is 3.57. The molecule has 2 heterocycles. The zero-order valence-electron chi connectivity index (χ0n) is 21.7. The summed E-state index contributed by atoms with van der Waals surface area (Å²) >= 11 is 0. The molecule has 3 aromatic rings. The van der Waals surface area contributed by atoms with E-state index in [1.807, 2.05) is 6.07 Å². The normalized spacial score (nSPS) is 17.2. The number of hydrogen-bond acceptors (Lipinski definition) is 2. The molecule has 2 heteroatoms. The molecule has 0 amide bonds. The number of benzene rings is 3. The molecule has 0 saturated carbocycles. The van der Waals surface area contributed by atoms with Crippen LogP contribution in [0.5, 0.6) is 0 Å². The van der Waals surface area contributed by atoms with E-state index in [4.69, 9.17) is 11.6 Å². The summed E-state index contributed by atoms with van der Waals surface area (Å²) in [4.78, 5) is 5.17. The minimum Gasteiger partial charge on any atom is -0.381 e. The zero-order valence-corrected chi connectivity index (χ0v) is 21.7. The molecule has 0 aromatic heterocycles. The van der Waals surface area contributed by atoms with Gasteiger partial charge in [0.1, 0.15) is 0 Å². The van der Waals surface area contributed by atoms with Gasteiger partial charge in [-0.1, -0.05) is 111 Å². The Hall–Kier alpha value is -3.91. The lowest BCUT2D eigenvalue weighted by Gasteiger charge is -2.33. The summed E-state index contributed by atoms with van der Waals surface area (Å²) < 4.78 is 0. The number of rotatable bonds is 6. The van der Waals surface area contributed by atoms with Crippen LogP contribution in [0.3, 0.4) is 0 Å². The van der Waals surface area contributed by atoms with E-state index in [-0.39, 0.29) is 11.5 Å². The molecule has 2 aliphatic heterocycles. The highest BCUT2D eigenvalue weighted by Crippen LogP contribution is 2.44. The van der Waals surface area contributed by atoms with Crippen molar-refractivity contribution in [3.63, 3.8) is 0 Å². The Morgan fingerprint density at radius 3 is 2.44 bits per heavy atom. The Labute approximate surface area is 215 Å². The Kier molecular flexibility index (Phi) is 6.36. The smallest absolute Gasteiger partial charge is 0.0950 e. The van der Waals surface area contributed by atoms with Crippen LogP contribution < -0.4 is 5.32 Å². The second kappa shape index (κ2) is 9.62. The number of dihydropyridines is 1. The Bertz CT molecular complexity index is 1430. The highest BCUT2D eigenvalue weighted by atomic mass is 14.9. The van der Waals surface area contributed by atoms with Crippen LogP contribution in [0.4, 0.5) is 0 Å². The summed E-state index contributed by atoms with van der Waals surface area (Å²) in [6, 6.07) is 25.7. The van der Waals surface area contributed by atoms with Crippen molar-refractivity contribution in [2.45, 2.75) is 39.2 Å². The SMILES string of the molecule is C=C(c1ccccc1C1C=C(C)C(c2ccccc2)=N1)C(C)(C)c1cccc(C)c1C1=CC=CCN1. The van der Waals surface area contributed by atoms with Gasteiger partial charge in [-0.3, -0.25) is 4.99 Å². The lowest BCUT2D eigenvalue weighted by atomic mass is 9.71. The van der Waals surface area contributed by atoms with Crippen LogP contribution in [0.2, 0.25) is 0 Å². The van der Waals surface area contributed by atoms with Crippen molar-refractivity contribution in [2.75, 3.05) is 6.54 Å². The van der Waals surface area contributed by atoms with Crippen molar-refractivity contribution in [3.8, 4) is 0 Å². The Balaban J connectivity index is 1.56. The van der Waals surface area contributed by atoms with Gasteiger partial charge in [0.25, 0.3) is 0 Å². The number of aliphatic imine (C=N–C) groups is 1. The van der Waals surface area contributed by atoms with E-state index < -0.39 is 0 Å². The molecule has 1 N–H and O–H groups in total. The minimum atomic E-state index is -0.287. The van der Waals surface area contributed by atoms with Gasteiger partial charge >= 0.3 is 0 Å². The zero-order chi connectivity index (χ0) is 25.3. The van der Waals surface area contributed by atoms with Gasteiger partial charge in [-0.2, -0.15) is 0 Å². The van der Waals surface area contributed by atoms with Crippen molar-refractivity contribution in [2.24, 2.45) is 4.99 Å². The molecule has 36 heavy (non-hydrogen) atoms. The van der Waals surface area contributed by atoms with Gasteiger partial charge in [0, 0.05) is 23.2 Å². The summed E-state index contributed by atoms with van der Waals surface area (Å²) in [6.45, 7) is 14.5. The molecular weight excluding hydrogens is 436 g/mol. The highest BCUT2D eigenvalue weighted by Gasteiger charge is 2.32. The van der Waals surface area contributed by atoms with Crippen molar-refractivity contribution in [1.29, 1.82) is 0 Å². The summed E-state index contributed by atoms with van der Waals surface area (Å²) in [7, 11) is 0. The van der Waals surface area contributed by atoms with Crippen LogP contribution >= 0.6 is 0 Å². The molecule has 0 aliphatic carbocycles. The third kappa shape index (κ3) is 4.28. The van der Waals surface area contributed by atoms with E-state index in [1.165, 1.54) is 39.1 Å². The minimum absolute atomic E-state index is 0.0196. The fraction of sp³-hybridized carbons (Fsp3) is 0.206. The lowest BCUT2D eigenvalue weighted by molar-refractivity contribution is 0.686. The van der Waals surface area contributed by atoms with E-state index >= 15 is 0 Å². The molecule has 0 fully saturated rings. The molecule has 180 valence electrons. The predicted octanol–water partition coefficient (Wildman–Crippen LogP) is 7.98. The van der Waals surface area contributed by atoms with Gasteiger partial charge in [0.05, 0.1) is 11.8 Å². The molecule has 3 aromatic carbocycles. The second-order valence-corrected chi connectivity index (χ2v) is 10.2. The maximum Gasteiger partial charge on any atom is 0.0950 e. The average Bonchev–Trinajstić information content (AvgIpc) is 3.30. The fourth-order valence-electron chi connectivity index (χ4n) is 5.36. The summed E-state index contributed by atoms with van der Waals surface area (Å²) in [5.41, 5.74) is 11.6. The molecular formula is C34H34N2. The van der Waals surface area contributed by atoms with Gasteiger partial charge in [0.2, 0.25) is 0 Å². The molecule has 0 spiro atoms. The maximum atomic E-state index is 5.17. The van der Waals surface area contributed by atoms with Crippen molar-refractivity contribution in [1.82, 2.24) is 5.32 Å². The first-order valence-electron chi connectivity index (χ1n) is 12.7. The van der Waals surface area contributed by atoms with Crippen LogP contribution in [-0.4, -0.2) is 12.3 Å². The molecule has 1 unspecified atom stereocenters. The van der Waals surface area contributed by atoms with Crippen molar-refractivity contribution >= 4 is 17.0 Å². The van der Waals surface area contributed by atoms with E-state index in [9.17, 15) is 0 Å². The maximum absolute atomic E-state index is 5.17. The largest absolute Gasteiger partial charge is 0.381 e. The summed E-state index contributed by atoms with van der Waals surface area (Å²) in [6.07, 6.45) is 8.73. The Morgan fingerprint density at radius 1 is 0.944 bits per heavy atom. The number of hydrogen-bond donors (Lipinski definition) is 1. The quantitative estimate of drug-likeness (QED) is 0.388. The third-order valence-electron chi connectivity index (χ3n) is 7.48. The first-order valence-corrected chi connectivity index (χ1v) is 12.7. The van der Waals surface area contributed by atoms with Crippen LogP contribution in [0.25, 0.3) is 11.3 Å². The molecule has 2 aliphatic rings. The topological polar surface area (TPSA) is 24.4 Å². The van der Waals surface area contributed by atoms with E-state index in [1.54, 1.807) is 0 Å². The van der Waals surface area contributed by atoms with Crippen LogP contribution in [0.1, 0.15) is 60.2 Å². The summed E-state index contributed by atoms with van der Waals surface area (Å²) in [5.74, 6) is 0. The monoisotopic (exact) mass is 470 g/mol. The van der Waals surface area contributed by atoms with E-state index in [0.29, 0.717) is 0 Å². The predicted molar refractivity (Wildman–Crippen MR) is 154 cm³/mol. The first-order chi connectivity index (χ1) is 17.4. The molecule has 5 rings (SSSR count). The van der Waals surface area contributed by atoms with Gasteiger partial charge < -0.3 is 5.32 Å². The number of allylic oxidation sites excluding steroid dienone is 4. The van der Waals surface area contributed by atoms with Crippen LogP contribution in [-0.2, 0) is 5.41 Å². The van der Waals surface area contributed by atoms with Crippen LogP contribution in [0, 0.1) is 6.92 Å². The van der Waals surface area contributed by atoms with Crippen molar-refractivity contribution < 1.29 is 0 Å². The number of nitrogens with zero attached hydrogens (tertiary/aromatic N) is 1. The van der Waals surface area contributed by atoms with Gasteiger partial charge in [-0.25, -0.2) is 0 Å². The molecule has 0 radical (unpaired) electrons. The van der Waals surface area contributed by atoms with Gasteiger partial charge in [-0.15, -0.1) is 0 Å². The number of nitrogens with one attached hydrogen (secondary N) is 1. The molecule has 2 nitrogen and oxygen atoms in total. The molecule has 1 atom stereocenters. The average molecular weight is 471 g/mol. The first kappa shape index (κ1) is 23.8. The lowest BCUT2D eigenvalue weighted by Crippen LogP contribution is -2.25. The molecule has 0 saturated heterocycles. The highest BCUT2D eigenvalue weighted by molar-refractivity contribution is 6.13. The number of aryl methyl sites for hydroxylation is 1. The van der Waals surface area contributed by atoms with E-state index in [0.717, 1.165) is 23.4 Å². The second-order valence-electron chi connectivity index (χ2n) is 10.2. The fourth-order valence-corrected chi connectivity index (χ4v) is 5.36. The third-order valence-corrected chi connectivity index (χ3v) is 7.48. The van der Waals surface area contributed by atoms with E-state index in [2.05, 4.69) is 124 Å². The standard InChI is InChI=1S/C34H34N2/c1-23-14-13-19-29(32(23)30-20-11-12-21-35-30)34(4,5)25(3)27-17-9-10-18-28(27)31-22-24(2)33(36-31)26-15-7-6-8-16-26/h6-20,22,31,35H,3,21H2,1-2,4-5H3.